The molecule has 0 saturated carbocycles. The van der Waals surface area contributed by atoms with Crippen LogP contribution in [-0.2, 0) is 13.0 Å². The van der Waals surface area contributed by atoms with E-state index in [4.69, 9.17) is 16.9 Å². The number of hydrogen-bond donors (Lipinski definition) is 1. The minimum atomic E-state index is 0.187. The van der Waals surface area contributed by atoms with Gasteiger partial charge in [-0.1, -0.05) is 24.6 Å². The topological polar surface area (TPSA) is 48.7 Å². The van der Waals surface area contributed by atoms with Crippen molar-refractivity contribution in [1.29, 1.82) is 5.26 Å². The van der Waals surface area contributed by atoms with Gasteiger partial charge in [0, 0.05) is 22.6 Å². The Balaban J connectivity index is 1.99. The third kappa shape index (κ3) is 3.57. The molecule has 1 N–H and O–H groups in total. The molecule has 0 aliphatic heterocycles. The Morgan fingerprint density at radius 1 is 1.50 bits per heavy atom. The molecule has 0 saturated heterocycles. The number of aromatic nitrogens is 1. The first kappa shape index (κ1) is 15.0. The highest BCUT2D eigenvalue weighted by molar-refractivity contribution is 7.11. The van der Waals surface area contributed by atoms with Crippen LogP contribution in [0.3, 0.4) is 0 Å². The fourth-order valence-electron chi connectivity index (χ4n) is 1.80. The van der Waals surface area contributed by atoms with Crippen molar-refractivity contribution >= 4 is 22.9 Å². The van der Waals surface area contributed by atoms with Crippen LogP contribution < -0.4 is 5.32 Å². The number of nitriles is 1. The van der Waals surface area contributed by atoms with Crippen LogP contribution in [0.2, 0.25) is 5.02 Å². The maximum Gasteiger partial charge on any atom is 0.109 e. The summed E-state index contributed by atoms with van der Waals surface area (Å²) in [6.45, 7) is 4.88. The van der Waals surface area contributed by atoms with E-state index in [1.54, 1.807) is 23.5 Å². The maximum atomic E-state index is 8.81. The summed E-state index contributed by atoms with van der Waals surface area (Å²) >= 11 is 7.90. The Bertz CT molecular complexity index is 630. The standard InChI is InChI=1S/C15H16ClN3S/c1-3-13-9-19-15(20-13)10(2)18-8-12-5-4-11(7-17)6-14(12)16/h4-6,9-10,18H,3,8H2,1-2H3. The zero-order chi connectivity index (χ0) is 14.5. The van der Waals surface area contributed by atoms with Gasteiger partial charge in [-0.2, -0.15) is 5.26 Å². The molecule has 0 amide bonds. The monoisotopic (exact) mass is 305 g/mol. The second kappa shape index (κ2) is 6.85. The van der Waals surface area contributed by atoms with E-state index in [0.29, 0.717) is 17.1 Å². The van der Waals surface area contributed by atoms with E-state index in [2.05, 4.69) is 30.2 Å². The molecule has 2 rings (SSSR count). The number of hydrogen-bond acceptors (Lipinski definition) is 4. The molecule has 1 aromatic heterocycles. The summed E-state index contributed by atoms with van der Waals surface area (Å²) in [7, 11) is 0. The highest BCUT2D eigenvalue weighted by atomic mass is 35.5. The SMILES string of the molecule is CCc1cnc(C(C)NCc2ccc(C#N)cc2Cl)s1. The molecule has 0 radical (unpaired) electrons. The number of nitrogens with zero attached hydrogens (tertiary/aromatic N) is 2. The Hall–Kier alpha value is -1.41. The summed E-state index contributed by atoms with van der Waals surface area (Å²) in [6.07, 6.45) is 2.96. The zero-order valence-corrected chi connectivity index (χ0v) is 13.1. The first-order valence-corrected chi connectivity index (χ1v) is 7.70. The van der Waals surface area contributed by atoms with Gasteiger partial charge in [-0.3, -0.25) is 0 Å². The van der Waals surface area contributed by atoms with E-state index in [1.807, 2.05) is 12.3 Å². The average molecular weight is 306 g/mol. The van der Waals surface area contributed by atoms with Crippen LogP contribution >= 0.6 is 22.9 Å². The molecule has 2 aromatic rings. The largest absolute Gasteiger partial charge is 0.304 e. The van der Waals surface area contributed by atoms with Crippen molar-refractivity contribution in [3.63, 3.8) is 0 Å². The number of rotatable bonds is 5. The molecule has 104 valence electrons. The summed E-state index contributed by atoms with van der Waals surface area (Å²) in [4.78, 5) is 5.73. The molecule has 20 heavy (non-hydrogen) atoms. The van der Waals surface area contributed by atoms with Crippen LogP contribution in [0.15, 0.2) is 24.4 Å². The van der Waals surface area contributed by atoms with Crippen molar-refractivity contribution in [2.24, 2.45) is 0 Å². The van der Waals surface area contributed by atoms with Crippen LogP contribution in [0, 0.1) is 11.3 Å². The quantitative estimate of drug-likeness (QED) is 0.905. The molecule has 0 aliphatic rings. The van der Waals surface area contributed by atoms with Crippen molar-refractivity contribution in [3.05, 3.63) is 50.4 Å². The van der Waals surface area contributed by atoms with Gasteiger partial charge >= 0.3 is 0 Å². The molecular formula is C15H16ClN3S. The van der Waals surface area contributed by atoms with Gasteiger partial charge in [0.1, 0.15) is 5.01 Å². The van der Waals surface area contributed by atoms with Gasteiger partial charge < -0.3 is 5.32 Å². The van der Waals surface area contributed by atoms with E-state index in [0.717, 1.165) is 17.0 Å². The van der Waals surface area contributed by atoms with E-state index >= 15 is 0 Å². The van der Waals surface area contributed by atoms with Gasteiger partial charge in [-0.15, -0.1) is 11.3 Å². The highest BCUT2D eigenvalue weighted by Crippen LogP contribution is 2.22. The summed E-state index contributed by atoms with van der Waals surface area (Å²) in [5.41, 5.74) is 1.57. The Labute approximate surface area is 128 Å². The van der Waals surface area contributed by atoms with Crippen molar-refractivity contribution in [2.75, 3.05) is 0 Å². The molecule has 1 atom stereocenters. The summed E-state index contributed by atoms with van der Waals surface area (Å²) in [6, 6.07) is 7.64. The Morgan fingerprint density at radius 3 is 2.90 bits per heavy atom. The van der Waals surface area contributed by atoms with Gasteiger partial charge in [0.25, 0.3) is 0 Å². The molecule has 0 fully saturated rings. The number of thiazole rings is 1. The molecule has 5 heteroatoms. The van der Waals surface area contributed by atoms with E-state index < -0.39 is 0 Å². The third-order valence-corrected chi connectivity index (χ3v) is 4.75. The fourth-order valence-corrected chi connectivity index (χ4v) is 2.93. The lowest BCUT2D eigenvalue weighted by Crippen LogP contribution is -2.18. The molecular weight excluding hydrogens is 290 g/mol. The normalized spacial score (nSPS) is 12.1. The first-order valence-electron chi connectivity index (χ1n) is 6.50. The highest BCUT2D eigenvalue weighted by Gasteiger charge is 2.10. The van der Waals surface area contributed by atoms with Crippen molar-refractivity contribution in [3.8, 4) is 6.07 Å². The molecule has 1 aromatic carbocycles. The number of aryl methyl sites for hydroxylation is 1. The van der Waals surface area contributed by atoms with Crippen LogP contribution in [0.25, 0.3) is 0 Å². The van der Waals surface area contributed by atoms with E-state index in [-0.39, 0.29) is 6.04 Å². The lowest BCUT2D eigenvalue weighted by atomic mass is 10.1. The predicted octanol–water partition coefficient (Wildman–Crippen LogP) is 4.08. The van der Waals surface area contributed by atoms with Crippen molar-refractivity contribution < 1.29 is 0 Å². The molecule has 1 unspecified atom stereocenters. The van der Waals surface area contributed by atoms with Gasteiger partial charge in [0.05, 0.1) is 17.7 Å². The van der Waals surface area contributed by atoms with Crippen LogP contribution in [0.1, 0.15) is 40.9 Å². The van der Waals surface area contributed by atoms with Gasteiger partial charge in [-0.05, 0) is 31.0 Å². The minimum absolute atomic E-state index is 0.187. The summed E-state index contributed by atoms with van der Waals surface area (Å²) < 4.78 is 0. The second-order valence-corrected chi connectivity index (χ2v) is 6.09. The third-order valence-electron chi connectivity index (χ3n) is 3.07. The lowest BCUT2D eigenvalue weighted by Gasteiger charge is -2.12. The zero-order valence-electron chi connectivity index (χ0n) is 11.5. The maximum absolute atomic E-state index is 8.81. The molecule has 3 nitrogen and oxygen atoms in total. The first-order chi connectivity index (χ1) is 9.63. The molecule has 1 heterocycles. The minimum Gasteiger partial charge on any atom is -0.304 e. The van der Waals surface area contributed by atoms with Gasteiger partial charge in [0.2, 0.25) is 0 Å². The van der Waals surface area contributed by atoms with Crippen LogP contribution in [-0.4, -0.2) is 4.98 Å². The molecule has 0 spiro atoms. The van der Waals surface area contributed by atoms with E-state index in [9.17, 15) is 0 Å². The second-order valence-electron chi connectivity index (χ2n) is 4.54. The van der Waals surface area contributed by atoms with Gasteiger partial charge in [0.15, 0.2) is 0 Å². The fraction of sp³-hybridized carbons (Fsp3) is 0.333. The number of benzene rings is 1. The van der Waals surface area contributed by atoms with Crippen LogP contribution in [0.4, 0.5) is 0 Å². The smallest absolute Gasteiger partial charge is 0.109 e. The van der Waals surface area contributed by atoms with Crippen LogP contribution in [0.5, 0.6) is 0 Å². The van der Waals surface area contributed by atoms with E-state index in [1.165, 1.54) is 4.88 Å². The Morgan fingerprint density at radius 2 is 2.30 bits per heavy atom. The predicted molar refractivity (Wildman–Crippen MR) is 82.9 cm³/mol. The Kier molecular flexibility index (Phi) is 5.13. The number of nitrogens with one attached hydrogen (secondary N) is 1. The van der Waals surface area contributed by atoms with Gasteiger partial charge in [-0.25, -0.2) is 4.98 Å². The molecule has 0 aliphatic carbocycles. The molecule has 0 bridgehead atoms. The van der Waals surface area contributed by atoms with Crippen molar-refractivity contribution in [2.45, 2.75) is 32.9 Å². The lowest BCUT2D eigenvalue weighted by molar-refractivity contribution is 0.572. The van der Waals surface area contributed by atoms with Crippen molar-refractivity contribution in [1.82, 2.24) is 10.3 Å². The average Bonchev–Trinajstić information content (AvgIpc) is 2.94. The summed E-state index contributed by atoms with van der Waals surface area (Å²) in [5, 5.41) is 13.9. The number of halogens is 1. The summed E-state index contributed by atoms with van der Waals surface area (Å²) in [5.74, 6) is 0.